The first-order chi connectivity index (χ1) is 17.0. The summed E-state index contributed by atoms with van der Waals surface area (Å²) in [5.41, 5.74) is 1.76. The number of carbonyl (C=O) groups is 1. The number of nitrogens with zero attached hydrogens (tertiary/aromatic N) is 3. The van der Waals surface area contributed by atoms with Crippen molar-refractivity contribution in [2.45, 2.75) is 51.1 Å². The molecule has 9 heteroatoms. The van der Waals surface area contributed by atoms with Crippen molar-refractivity contribution in [1.82, 2.24) is 14.5 Å². The minimum atomic E-state index is -1.04. The number of anilines is 2. The zero-order valence-corrected chi connectivity index (χ0v) is 19.3. The highest BCUT2D eigenvalue weighted by Crippen LogP contribution is 2.24. The highest BCUT2D eigenvalue weighted by Gasteiger charge is 2.28. The van der Waals surface area contributed by atoms with Gasteiger partial charge in [0.1, 0.15) is 0 Å². The minimum Gasteiger partial charge on any atom is -0.353 e. The number of nitrogens with one attached hydrogen (secondary N) is 2. The van der Waals surface area contributed by atoms with E-state index in [2.05, 4.69) is 10.6 Å². The molecule has 35 heavy (non-hydrogen) atoms. The quantitative estimate of drug-likeness (QED) is 0.561. The zero-order valence-electron chi connectivity index (χ0n) is 19.3. The summed E-state index contributed by atoms with van der Waals surface area (Å²) in [4.78, 5) is 32.9. The molecule has 1 aromatic heterocycles. The third-order valence-electron chi connectivity index (χ3n) is 6.64. The normalized spacial score (nSPS) is 16.0. The van der Waals surface area contributed by atoms with Gasteiger partial charge < -0.3 is 15.5 Å². The number of amides is 2. The van der Waals surface area contributed by atoms with Gasteiger partial charge in [0.05, 0.1) is 23.5 Å². The Bertz CT molecular complexity index is 1290. The van der Waals surface area contributed by atoms with Crippen molar-refractivity contribution in [3.8, 4) is 5.69 Å². The maximum atomic E-state index is 13.7. The number of halogens is 2. The highest BCUT2D eigenvalue weighted by molar-refractivity contribution is 5.89. The van der Waals surface area contributed by atoms with Crippen molar-refractivity contribution in [1.29, 1.82) is 0 Å². The molecule has 182 valence electrons. The lowest BCUT2D eigenvalue weighted by atomic mass is 9.96. The van der Waals surface area contributed by atoms with E-state index in [4.69, 9.17) is 4.98 Å². The molecule has 0 unspecified atom stereocenters. The Morgan fingerprint density at radius 2 is 1.77 bits per heavy atom. The van der Waals surface area contributed by atoms with E-state index in [1.165, 1.54) is 17.4 Å². The lowest BCUT2D eigenvalue weighted by Gasteiger charge is -2.30. The molecule has 0 radical (unpaired) electrons. The van der Waals surface area contributed by atoms with E-state index in [0.717, 1.165) is 37.8 Å². The van der Waals surface area contributed by atoms with Gasteiger partial charge in [0.15, 0.2) is 11.6 Å². The smallest absolute Gasteiger partial charge is 0.322 e. The van der Waals surface area contributed by atoms with Crippen LogP contribution in [0.5, 0.6) is 0 Å². The average Bonchev–Trinajstić information content (AvgIpc) is 2.87. The molecule has 0 atom stereocenters. The van der Waals surface area contributed by atoms with E-state index in [-0.39, 0.29) is 23.8 Å². The maximum absolute atomic E-state index is 13.7. The van der Waals surface area contributed by atoms with Crippen molar-refractivity contribution >= 4 is 17.7 Å². The topological polar surface area (TPSA) is 79.3 Å². The summed E-state index contributed by atoms with van der Waals surface area (Å²) in [5.74, 6) is -1.49. The van der Waals surface area contributed by atoms with Crippen LogP contribution in [0.1, 0.15) is 43.4 Å². The lowest BCUT2D eigenvalue weighted by Crippen LogP contribution is -2.43. The molecule has 7 nitrogen and oxygen atoms in total. The summed E-state index contributed by atoms with van der Waals surface area (Å²) in [5, 5.41) is 6.09. The summed E-state index contributed by atoms with van der Waals surface area (Å²) in [6.07, 6.45) is 6.04. The molecule has 0 saturated heterocycles. The summed E-state index contributed by atoms with van der Waals surface area (Å²) >= 11 is 0. The third-order valence-corrected chi connectivity index (χ3v) is 6.64. The Balaban J connectivity index is 1.44. The van der Waals surface area contributed by atoms with Crippen LogP contribution in [0, 0.1) is 11.6 Å². The van der Waals surface area contributed by atoms with Crippen molar-refractivity contribution in [3.05, 3.63) is 81.8 Å². The third kappa shape index (κ3) is 4.89. The number of hydrogen-bond donors (Lipinski definition) is 2. The number of urea groups is 1. The van der Waals surface area contributed by atoms with Gasteiger partial charge >= 0.3 is 6.03 Å². The first-order valence-electron chi connectivity index (χ1n) is 12.0. The molecule has 1 aliphatic carbocycles. The molecule has 0 spiro atoms. The van der Waals surface area contributed by atoms with Crippen LogP contribution in [0.3, 0.4) is 0 Å². The van der Waals surface area contributed by atoms with Crippen molar-refractivity contribution < 1.29 is 13.6 Å². The van der Waals surface area contributed by atoms with Gasteiger partial charge in [-0.1, -0.05) is 37.5 Å². The minimum absolute atomic E-state index is 0.0766. The Kier molecular flexibility index (Phi) is 6.48. The van der Waals surface area contributed by atoms with Gasteiger partial charge in [-0.3, -0.25) is 4.79 Å². The van der Waals surface area contributed by atoms with Crippen LogP contribution in [-0.2, 0) is 13.0 Å². The van der Waals surface area contributed by atoms with Gasteiger partial charge in [-0.15, -0.1) is 0 Å². The predicted octanol–water partition coefficient (Wildman–Crippen LogP) is 4.85. The summed E-state index contributed by atoms with van der Waals surface area (Å²) < 4.78 is 28.3. The van der Waals surface area contributed by atoms with Gasteiger partial charge in [-0.2, -0.15) is 0 Å². The molecule has 1 saturated carbocycles. The van der Waals surface area contributed by atoms with E-state index in [1.54, 1.807) is 4.57 Å². The second kappa shape index (κ2) is 9.85. The van der Waals surface area contributed by atoms with Crippen LogP contribution >= 0.6 is 0 Å². The number of fused-ring (bicyclic) bond motifs is 1. The first kappa shape index (κ1) is 23.0. The van der Waals surface area contributed by atoms with Gasteiger partial charge in [-0.05, 0) is 37.1 Å². The molecule has 2 N–H and O–H groups in total. The Morgan fingerprint density at radius 3 is 2.51 bits per heavy atom. The van der Waals surface area contributed by atoms with Crippen LogP contribution in [0.25, 0.3) is 5.69 Å². The van der Waals surface area contributed by atoms with Crippen LogP contribution in [0.4, 0.5) is 25.2 Å². The van der Waals surface area contributed by atoms with Gasteiger partial charge in [-0.25, -0.2) is 23.1 Å². The number of rotatable bonds is 4. The van der Waals surface area contributed by atoms with E-state index in [9.17, 15) is 18.4 Å². The van der Waals surface area contributed by atoms with Crippen LogP contribution < -0.4 is 16.2 Å². The largest absolute Gasteiger partial charge is 0.353 e. The fourth-order valence-electron chi connectivity index (χ4n) is 4.77. The van der Waals surface area contributed by atoms with Crippen molar-refractivity contribution in [2.24, 2.45) is 0 Å². The summed E-state index contributed by atoms with van der Waals surface area (Å²) in [6.45, 7) is 0.431. The Morgan fingerprint density at radius 1 is 1.00 bits per heavy atom. The second-order valence-corrected chi connectivity index (χ2v) is 9.05. The Hall–Kier alpha value is -3.75. The SMILES string of the molecule is O=C(Nc1ccc(F)c(F)c1)N1CCc2nc(NC3CCCCC3)n(-c3ccccc3)c(=O)c2C1. The van der Waals surface area contributed by atoms with E-state index >= 15 is 0 Å². The fraction of sp³-hybridized carbons (Fsp3) is 0.346. The molecule has 5 rings (SSSR count). The number of carbonyl (C=O) groups excluding carboxylic acids is 1. The summed E-state index contributed by atoms with van der Waals surface area (Å²) in [7, 11) is 0. The van der Waals surface area contributed by atoms with E-state index in [0.29, 0.717) is 35.9 Å². The van der Waals surface area contributed by atoms with Crippen LogP contribution in [0.2, 0.25) is 0 Å². The van der Waals surface area contributed by atoms with Crippen LogP contribution in [-0.4, -0.2) is 33.1 Å². The number of hydrogen-bond acceptors (Lipinski definition) is 4. The number of benzene rings is 2. The Labute approximate surface area is 201 Å². The zero-order chi connectivity index (χ0) is 24.4. The molecular weight excluding hydrogens is 452 g/mol. The maximum Gasteiger partial charge on any atom is 0.322 e. The molecule has 2 aliphatic rings. The molecule has 3 aromatic rings. The van der Waals surface area contributed by atoms with Gasteiger partial charge in [0.25, 0.3) is 5.56 Å². The second-order valence-electron chi connectivity index (χ2n) is 9.05. The van der Waals surface area contributed by atoms with Crippen molar-refractivity contribution in [2.75, 3.05) is 17.2 Å². The van der Waals surface area contributed by atoms with Crippen LogP contribution in [0.15, 0.2) is 53.3 Å². The standard InChI is InChI=1S/C26H27F2N5O2/c27-21-12-11-18(15-22(21)28)30-26(35)32-14-13-23-20(16-32)24(34)33(19-9-5-2-6-10-19)25(31-23)29-17-7-3-1-4-8-17/h2,5-6,9-12,15,17H,1,3-4,7-8,13-14,16H2,(H,29,31)(H,30,35). The molecule has 0 bridgehead atoms. The molecule has 2 aromatic carbocycles. The van der Waals surface area contributed by atoms with Gasteiger partial charge in [0.2, 0.25) is 5.95 Å². The average molecular weight is 480 g/mol. The van der Waals surface area contributed by atoms with Crippen molar-refractivity contribution in [3.63, 3.8) is 0 Å². The highest BCUT2D eigenvalue weighted by atomic mass is 19.2. The lowest BCUT2D eigenvalue weighted by molar-refractivity contribution is 0.205. The first-order valence-corrected chi connectivity index (χ1v) is 12.0. The monoisotopic (exact) mass is 479 g/mol. The predicted molar refractivity (Wildman–Crippen MR) is 130 cm³/mol. The van der Waals surface area contributed by atoms with Gasteiger partial charge in [0, 0.05) is 30.8 Å². The summed E-state index contributed by atoms with van der Waals surface area (Å²) in [6, 6.07) is 12.3. The molecule has 1 aliphatic heterocycles. The number of para-hydroxylation sites is 1. The molecule has 1 fully saturated rings. The molecular formula is C26H27F2N5O2. The van der Waals surface area contributed by atoms with E-state index < -0.39 is 17.7 Å². The van der Waals surface area contributed by atoms with E-state index in [1.807, 2.05) is 30.3 Å². The number of aromatic nitrogens is 2. The molecule has 2 heterocycles. The fourth-order valence-corrected chi connectivity index (χ4v) is 4.77. The molecule has 2 amide bonds.